The van der Waals surface area contributed by atoms with Crippen LogP contribution in [0.25, 0.3) is 77.2 Å². The molecule has 59 heavy (non-hydrogen) atoms. The van der Waals surface area contributed by atoms with E-state index in [2.05, 4.69) is 181 Å². The predicted molar refractivity (Wildman–Crippen MR) is 243 cm³/mol. The summed E-state index contributed by atoms with van der Waals surface area (Å²) in [6, 6.07) is 58.5. The van der Waals surface area contributed by atoms with E-state index in [1.54, 1.807) is 0 Å². The second-order valence-electron chi connectivity index (χ2n) is 15.5. The Bertz CT molecular complexity index is 2880. The van der Waals surface area contributed by atoms with Gasteiger partial charge in [0, 0.05) is 32.7 Å². The summed E-state index contributed by atoms with van der Waals surface area (Å²) in [5, 5.41) is 28.8. The summed E-state index contributed by atoms with van der Waals surface area (Å²) in [5.41, 5.74) is 13.8. The summed E-state index contributed by atoms with van der Waals surface area (Å²) in [5.74, 6) is 0.514. The minimum Gasteiger partial charge on any atom is -0.505 e. The van der Waals surface area contributed by atoms with Crippen LogP contribution in [0.2, 0.25) is 0 Å². The smallest absolute Gasteiger partial charge is 0.147 e. The highest BCUT2D eigenvalue weighted by atomic mass is 16.5. The van der Waals surface area contributed by atoms with Crippen LogP contribution in [0.5, 0.6) is 11.5 Å². The third kappa shape index (κ3) is 6.31. The van der Waals surface area contributed by atoms with E-state index in [4.69, 9.17) is 4.74 Å². The number of phenolic OH excluding ortho intramolecular Hbond substituents is 2. The lowest BCUT2D eigenvalue weighted by atomic mass is 9.94. The van der Waals surface area contributed by atoms with Crippen LogP contribution in [0.1, 0.15) is 22.3 Å². The fourth-order valence-electron chi connectivity index (χ4n) is 9.10. The van der Waals surface area contributed by atoms with Gasteiger partial charge in [0.1, 0.15) is 11.5 Å². The van der Waals surface area contributed by atoms with Gasteiger partial charge in [0.15, 0.2) is 0 Å². The minimum absolute atomic E-state index is 0.257. The van der Waals surface area contributed by atoms with Crippen LogP contribution >= 0.6 is 0 Å². The highest BCUT2D eigenvalue weighted by Crippen LogP contribution is 2.43. The number of aryl methyl sites for hydroxylation is 2. The summed E-state index contributed by atoms with van der Waals surface area (Å²) in [7, 11) is 0. The molecule has 2 heterocycles. The molecule has 0 fully saturated rings. The molecule has 0 bridgehead atoms. The zero-order chi connectivity index (χ0) is 40.0. The van der Waals surface area contributed by atoms with E-state index >= 15 is 0 Å². The first-order chi connectivity index (χ1) is 29.0. The first kappa shape index (κ1) is 36.3. The molecule has 10 aromatic rings. The van der Waals surface area contributed by atoms with Crippen molar-refractivity contribution in [1.82, 2.24) is 9.13 Å². The molecule has 8 aromatic carbocycles. The number of phenols is 2. The van der Waals surface area contributed by atoms with Crippen LogP contribution in [0, 0.1) is 13.8 Å². The highest BCUT2D eigenvalue weighted by molar-refractivity contribution is 6.10. The van der Waals surface area contributed by atoms with Gasteiger partial charge in [-0.25, -0.2) is 0 Å². The number of hydrogen-bond acceptors (Lipinski definition) is 3. The predicted octanol–water partition coefficient (Wildman–Crippen LogP) is 13.0. The van der Waals surface area contributed by atoms with Gasteiger partial charge >= 0.3 is 0 Å². The first-order valence-corrected chi connectivity index (χ1v) is 20.3. The minimum atomic E-state index is 0.257. The van der Waals surface area contributed by atoms with E-state index in [0.717, 1.165) is 99.5 Å². The normalized spacial score (nSPS) is 11.7. The Labute approximate surface area is 343 Å². The molecule has 288 valence electrons. The van der Waals surface area contributed by atoms with Crippen LogP contribution in [-0.4, -0.2) is 32.6 Å². The van der Waals surface area contributed by atoms with Gasteiger partial charge < -0.3 is 24.1 Å². The number of para-hydroxylation sites is 4. The van der Waals surface area contributed by atoms with Crippen molar-refractivity contribution < 1.29 is 14.9 Å². The molecule has 0 unspecified atom stereocenters. The Morgan fingerprint density at radius 2 is 0.712 bits per heavy atom. The molecule has 10 rings (SSSR count). The average molecular weight is 769 g/mol. The van der Waals surface area contributed by atoms with Crippen molar-refractivity contribution in [3.8, 4) is 45.1 Å². The van der Waals surface area contributed by atoms with Crippen molar-refractivity contribution in [2.24, 2.45) is 0 Å². The summed E-state index contributed by atoms with van der Waals surface area (Å²) >= 11 is 0. The van der Waals surface area contributed by atoms with E-state index < -0.39 is 0 Å². The average Bonchev–Trinajstić information content (AvgIpc) is 3.78. The molecule has 0 aliphatic rings. The lowest BCUT2D eigenvalue weighted by molar-refractivity contribution is 0.140. The SMILES string of the molecule is Cc1cc(-c2ccccc2CCOCCc2ccccc2-c2cc(C)cc(-n3c4ccccc4c4ccccc43)c2O)c(O)c(-n2c3ccccc3c3ccccc32)c1. The fraction of sp³-hybridized carbons (Fsp3) is 0.111. The lowest BCUT2D eigenvalue weighted by Gasteiger charge is -2.18. The first-order valence-electron chi connectivity index (χ1n) is 20.3. The standard InChI is InChI=1S/C54H44N2O3/c1-35-31-45(53(57)51(33-35)55-47-23-11-7-19-41(47)42-20-8-12-24-48(42)55)39-17-5-3-15-37(39)27-29-59-30-28-38-16-4-6-18-40(38)46-32-36(2)34-52(54(46)58)56-49-25-13-9-21-43(49)44-22-10-14-26-50(44)56/h3-26,31-34,57-58H,27-30H2,1-2H3. The summed E-state index contributed by atoms with van der Waals surface area (Å²) in [6.45, 7) is 5.23. The zero-order valence-electron chi connectivity index (χ0n) is 33.2. The van der Waals surface area contributed by atoms with Gasteiger partial charge in [-0.1, -0.05) is 121 Å². The number of nitrogens with zero attached hydrogens (tertiary/aromatic N) is 2. The maximum absolute atomic E-state index is 12.1. The number of aromatic hydroxyl groups is 2. The van der Waals surface area contributed by atoms with Gasteiger partial charge in [0.25, 0.3) is 0 Å². The van der Waals surface area contributed by atoms with Crippen molar-refractivity contribution in [3.63, 3.8) is 0 Å². The monoisotopic (exact) mass is 768 g/mol. The molecule has 0 amide bonds. The number of ether oxygens (including phenoxy) is 1. The summed E-state index contributed by atoms with van der Waals surface area (Å²) in [4.78, 5) is 0. The Balaban J connectivity index is 0.904. The van der Waals surface area contributed by atoms with Crippen molar-refractivity contribution in [1.29, 1.82) is 0 Å². The molecule has 0 aliphatic heterocycles. The van der Waals surface area contributed by atoms with Crippen LogP contribution < -0.4 is 0 Å². The number of benzene rings is 8. The number of fused-ring (bicyclic) bond motifs is 6. The van der Waals surface area contributed by atoms with Gasteiger partial charge in [-0.2, -0.15) is 0 Å². The molecule has 0 spiro atoms. The van der Waals surface area contributed by atoms with Crippen molar-refractivity contribution >= 4 is 43.6 Å². The Morgan fingerprint density at radius 1 is 0.390 bits per heavy atom. The van der Waals surface area contributed by atoms with Crippen LogP contribution in [0.15, 0.2) is 170 Å². The lowest BCUT2D eigenvalue weighted by Crippen LogP contribution is -2.05. The molecule has 0 saturated heterocycles. The third-order valence-electron chi connectivity index (χ3n) is 11.8. The maximum atomic E-state index is 12.1. The third-order valence-corrected chi connectivity index (χ3v) is 11.8. The largest absolute Gasteiger partial charge is 0.505 e. The highest BCUT2D eigenvalue weighted by Gasteiger charge is 2.21. The van der Waals surface area contributed by atoms with Gasteiger partial charge in [-0.05, 0) is 109 Å². The van der Waals surface area contributed by atoms with E-state index in [1.165, 1.54) is 0 Å². The quantitative estimate of drug-likeness (QED) is 0.136. The molecule has 5 heteroatoms. The Kier molecular flexibility index (Phi) is 9.23. The molecule has 0 atom stereocenters. The molecule has 0 saturated carbocycles. The molecule has 5 nitrogen and oxygen atoms in total. The molecule has 0 aliphatic carbocycles. The summed E-state index contributed by atoms with van der Waals surface area (Å²) in [6.07, 6.45) is 1.38. The molecule has 2 N–H and O–H groups in total. The van der Waals surface area contributed by atoms with Gasteiger partial charge in [-0.15, -0.1) is 0 Å². The Morgan fingerprint density at radius 3 is 1.08 bits per heavy atom. The number of rotatable bonds is 10. The topological polar surface area (TPSA) is 59.6 Å². The van der Waals surface area contributed by atoms with E-state index in [1.807, 2.05) is 12.1 Å². The summed E-state index contributed by atoms with van der Waals surface area (Å²) < 4.78 is 10.7. The molecular formula is C54H44N2O3. The zero-order valence-corrected chi connectivity index (χ0v) is 33.2. The van der Waals surface area contributed by atoms with Crippen molar-refractivity contribution in [2.45, 2.75) is 26.7 Å². The van der Waals surface area contributed by atoms with E-state index in [-0.39, 0.29) is 11.5 Å². The maximum Gasteiger partial charge on any atom is 0.147 e. The molecule has 2 aromatic heterocycles. The number of aromatic nitrogens is 2. The van der Waals surface area contributed by atoms with Crippen LogP contribution in [-0.2, 0) is 17.6 Å². The van der Waals surface area contributed by atoms with Gasteiger partial charge in [0.05, 0.1) is 46.7 Å². The van der Waals surface area contributed by atoms with Crippen LogP contribution in [0.3, 0.4) is 0 Å². The molecular weight excluding hydrogens is 725 g/mol. The van der Waals surface area contributed by atoms with Crippen molar-refractivity contribution in [3.05, 3.63) is 192 Å². The number of hydrogen-bond donors (Lipinski definition) is 2. The van der Waals surface area contributed by atoms with Gasteiger partial charge in [0.2, 0.25) is 0 Å². The van der Waals surface area contributed by atoms with E-state index in [0.29, 0.717) is 26.1 Å². The second-order valence-corrected chi connectivity index (χ2v) is 15.5. The van der Waals surface area contributed by atoms with Crippen LogP contribution in [0.4, 0.5) is 0 Å². The molecule has 0 radical (unpaired) electrons. The second kappa shape index (κ2) is 15.0. The Hall–Kier alpha value is -7.08. The van der Waals surface area contributed by atoms with Gasteiger partial charge in [-0.3, -0.25) is 0 Å². The van der Waals surface area contributed by atoms with Crippen molar-refractivity contribution in [2.75, 3.05) is 13.2 Å². The van der Waals surface area contributed by atoms with E-state index in [9.17, 15) is 10.2 Å². The fourth-order valence-corrected chi connectivity index (χ4v) is 9.10.